The van der Waals surface area contributed by atoms with E-state index in [0.717, 1.165) is 112 Å². The molecule has 0 bridgehead atoms. The molecule has 19 rings (SSSR count). The second kappa shape index (κ2) is 12.4. The summed E-state index contributed by atoms with van der Waals surface area (Å²) in [7, 11) is 0. The third kappa shape index (κ3) is 4.11. The number of carbonyl (C=O) groups excluding carboxylic acids is 2. The van der Waals surface area contributed by atoms with E-state index in [1.807, 2.05) is 0 Å². The first-order valence-electron chi connectivity index (χ1n) is 27.1. The van der Waals surface area contributed by atoms with Crippen LogP contribution in [0.5, 0.6) is 23.0 Å². The van der Waals surface area contributed by atoms with Gasteiger partial charge in [0.15, 0.2) is 34.6 Å². The van der Waals surface area contributed by atoms with Crippen LogP contribution in [-0.2, 0) is 21.7 Å². The number of ether oxygens (including phenoxy) is 2. The average molecular weight is 981 g/mol. The smallest absolute Gasteiger partial charge is 0.171 e. The molecule has 2 aliphatic heterocycles. The number of carbonyl (C=O) groups is 2. The lowest BCUT2D eigenvalue weighted by Gasteiger charge is -2.64. The predicted octanol–water partition coefficient (Wildman–Crippen LogP) is 16.6. The van der Waals surface area contributed by atoms with Crippen molar-refractivity contribution >= 4 is 66.7 Å². The van der Waals surface area contributed by atoms with Crippen LogP contribution < -0.4 is 14.4 Å². The van der Waals surface area contributed by atoms with E-state index in [-0.39, 0.29) is 46.1 Å². The zero-order valence-corrected chi connectivity index (χ0v) is 42.8. The molecule has 6 atom stereocenters. The summed E-state index contributed by atoms with van der Waals surface area (Å²) in [6.45, 7) is 13.5. The van der Waals surface area contributed by atoms with Crippen molar-refractivity contribution in [2.45, 2.75) is 86.9 Å². The van der Waals surface area contributed by atoms with E-state index in [2.05, 4.69) is 209 Å². The molecule has 11 aromatic rings. The number of hydrogen-bond donors (Lipinski definition) is 0. The SMILES string of the molecule is CC(C)(C)c1ccc2c(c1)Oc1c3c(c4c5cc6c(cc5n5c7cc8c(cc7c1c45)C1c4ccccc4C14c1ccccc1C4C8=O)C(=O)C1c4ccccc4C14c1ccccc1C64)Oc1cc(C(C)(C)C)ccc1N23. The molecule has 8 aliphatic rings. The highest BCUT2D eigenvalue weighted by atomic mass is 16.5. The normalized spacial score (nSPS) is 23.7. The second-order valence-electron chi connectivity index (χ2n) is 25.3. The maximum absolute atomic E-state index is 15.7. The van der Waals surface area contributed by atoms with Gasteiger partial charge >= 0.3 is 0 Å². The van der Waals surface area contributed by atoms with E-state index < -0.39 is 10.8 Å². The van der Waals surface area contributed by atoms with Crippen LogP contribution in [-0.4, -0.2) is 16.0 Å². The molecule has 0 N–H and O–H groups in total. The zero-order valence-electron chi connectivity index (χ0n) is 42.8. The lowest BCUT2D eigenvalue weighted by molar-refractivity contribution is 0.0839. The number of Topliss-reactive ketones (excluding diaryl/α,β-unsaturated/α-hetero) is 2. The van der Waals surface area contributed by atoms with Crippen LogP contribution in [0.1, 0.15) is 153 Å². The average Bonchev–Trinajstić information content (AvgIpc) is 3.57. The maximum atomic E-state index is 15.7. The molecular formula is C70H48N2O4. The topological polar surface area (TPSA) is 60.3 Å². The summed E-state index contributed by atoms with van der Waals surface area (Å²) in [4.78, 5) is 33.8. The fourth-order valence-corrected chi connectivity index (χ4v) is 17.0. The quantitative estimate of drug-likeness (QED) is 0.152. The first kappa shape index (κ1) is 40.9. The second-order valence-corrected chi connectivity index (χ2v) is 25.3. The van der Waals surface area contributed by atoms with Gasteiger partial charge in [-0.15, -0.1) is 0 Å². The summed E-state index contributed by atoms with van der Waals surface area (Å²) >= 11 is 0. The van der Waals surface area contributed by atoms with E-state index in [4.69, 9.17) is 9.47 Å². The molecule has 4 heterocycles. The van der Waals surface area contributed by atoms with Crippen LogP contribution >= 0.6 is 0 Å². The molecule has 2 spiro atoms. The molecule has 0 saturated carbocycles. The molecule has 6 heteroatoms. The van der Waals surface area contributed by atoms with Crippen molar-refractivity contribution in [1.82, 2.24) is 4.40 Å². The number of ketones is 2. The van der Waals surface area contributed by atoms with Gasteiger partial charge in [-0.1, -0.05) is 151 Å². The van der Waals surface area contributed by atoms with Crippen molar-refractivity contribution < 1.29 is 19.1 Å². The number of fused-ring (bicyclic) bond motifs is 24. The Hall–Kier alpha value is -8.48. The minimum Gasteiger partial charge on any atom is -0.452 e. The van der Waals surface area contributed by atoms with E-state index in [9.17, 15) is 0 Å². The standard InChI is InChI=1S/C70H48N2O4/c1-67(2,3)33-23-25-49-53(27-33)75-65-55-43-29-39-41(63(73)59-37-17-9-13-21-47(37)69(59)45-19-11-7-15-35(45)57(39)69)31-51(43)72-52-32-42-40(58-36-16-8-12-20-46(36)70(58)48-22-14-10-18-38(48)60(70)64(42)74)30-44(52)56(61(55)72)66-62(65)71(49)50-26-24-34(68(4,5)6)28-54(50)76-66/h7-32,57-60H,1-6H3. The molecule has 362 valence electrons. The third-order valence-electron chi connectivity index (χ3n) is 20.1. The van der Waals surface area contributed by atoms with Gasteiger partial charge in [-0.2, -0.15) is 0 Å². The van der Waals surface area contributed by atoms with Crippen molar-refractivity contribution in [3.8, 4) is 23.0 Å². The highest BCUT2D eigenvalue weighted by Crippen LogP contribution is 2.76. The molecule has 0 fully saturated rings. The van der Waals surface area contributed by atoms with Gasteiger partial charge in [0.25, 0.3) is 0 Å². The molecule has 6 nitrogen and oxygen atoms in total. The Kier molecular flexibility index (Phi) is 6.69. The first-order valence-corrected chi connectivity index (χ1v) is 27.1. The van der Waals surface area contributed by atoms with Crippen molar-refractivity contribution in [2.24, 2.45) is 0 Å². The first-order chi connectivity index (χ1) is 36.8. The van der Waals surface area contributed by atoms with Crippen molar-refractivity contribution in [2.75, 3.05) is 4.90 Å². The van der Waals surface area contributed by atoms with Crippen LogP contribution in [0, 0.1) is 0 Å². The van der Waals surface area contributed by atoms with Crippen molar-refractivity contribution in [3.05, 3.63) is 236 Å². The Morgan fingerprint density at radius 3 is 1.21 bits per heavy atom. The Bertz CT molecular complexity index is 4420. The minimum atomic E-state index is -0.417. The van der Waals surface area contributed by atoms with Crippen molar-refractivity contribution in [1.29, 1.82) is 0 Å². The molecule has 2 aromatic heterocycles. The lowest BCUT2D eigenvalue weighted by atomic mass is 9.36. The van der Waals surface area contributed by atoms with Crippen LogP contribution in [0.2, 0.25) is 0 Å². The monoisotopic (exact) mass is 980 g/mol. The Labute approximate surface area is 438 Å². The predicted molar refractivity (Wildman–Crippen MR) is 298 cm³/mol. The van der Waals surface area contributed by atoms with Gasteiger partial charge in [-0.25, -0.2) is 0 Å². The van der Waals surface area contributed by atoms with Gasteiger partial charge in [0.1, 0.15) is 5.69 Å². The van der Waals surface area contributed by atoms with Gasteiger partial charge in [0.2, 0.25) is 0 Å². The maximum Gasteiger partial charge on any atom is 0.171 e. The molecule has 9 aromatic carbocycles. The number of rotatable bonds is 0. The van der Waals surface area contributed by atoms with Gasteiger partial charge in [0, 0.05) is 44.6 Å². The summed E-state index contributed by atoms with van der Waals surface area (Å²) in [6, 6.07) is 57.4. The zero-order chi connectivity index (χ0) is 50.6. The fourth-order valence-electron chi connectivity index (χ4n) is 17.0. The number of anilines is 3. The number of benzene rings is 9. The molecule has 6 unspecified atom stereocenters. The molecular weight excluding hydrogens is 933 g/mol. The van der Waals surface area contributed by atoms with Crippen LogP contribution in [0.4, 0.5) is 17.1 Å². The van der Waals surface area contributed by atoms with E-state index in [1.165, 1.54) is 44.5 Å². The van der Waals surface area contributed by atoms with Gasteiger partial charge in [-0.3, -0.25) is 14.5 Å². The lowest BCUT2D eigenvalue weighted by Crippen LogP contribution is -2.61. The minimum absolute atomic E-state index is 0.00288. The van der Waals surface area contributed by atoms with Gasteiger partial charge < -0.3 is 13.9 Å². The van der Waals surface area contributed by atoms with Crippen LogP contribution in [0.3, 0.4) is 0 Å². The van der Waals surface area contributed by atoms with E-state index >= 15 is 9.59 Å². The largest absolute Gasteiger partial charge is 0.452 e. The number of nitrogens with zero attached hydrogens (tertiary/aromatic N) is 2. The van der Waals surface area contributed by atoms with E-state index in [0.29, 0.717) is 0 Å². The summed E-state index contributed by atoms with van der Waals surface area (Å²) in [5, 5.41) is 3.99. The summed E-state index contributed by atoms with van der Waals surface area (Å²) in [5.74, 6) is 2.82. The fraction of sp³-hybridized carbons (Fsp3) is 0.200. The van der Waals surface area contributed by atoms with Crippen molar-refractivity contribution in [3.63, 3.8) is 0 Å². The molecule has 0 saturated heterocycles. The molecule has 0 amide bonds. The highest BCUT2D eigenvalue weighted by Gasteiger charge is 2.71. The summed E-state index contributed by atoms with van der Waals surface area (Å²) < 4.78 is 17.5. The third-order valence-corrected chi connectivity index (χ3v) is 20.1. The molecule has 76 heavy (non-hydrogen) atoms. The Morgan fingerprint density at radius 2 is 0.816 bits per heavy atom. The Morgan fingerprint density at radius 1 is 0.434 bits per heavy atom. The van der Waals surface area contributed by atoms with Gasteiger partial charge in [-0.05, 0) is 126 Å². The highest BCUT2D eigenvalue weighted by molar-refractivity contribution is 6.32. The Balaban J connectivity index is 0.970. The van der Waals surface area contributed by atoms with Crippen LogP contribution in [0.15, 0.2) is 158 Å². The molecule has 0 radical (unpaired) electrons. The van der Waals surface area contributed by atoms with Crippen LogP contribution in [0.25, 0.3) is 38.1 Å². The summed E-state index contributed by atoms with van der Waals surface area (Å²) in [6.07, 6.45) is 0. The van der Waals surface area contributed by atoms with Gasteiger partial charge in [0.05, 0.1) is 50.5 Å². The number of aromatic nitrogens is 1. The number of hydrogen-bond acceptors (Lipinski definition) is 5. The molecule has 6 aliphatic carbocycles. The summed E-state index contributed by atoms with van der Waals surface area (Å²) in [5.41, 5.74) is 20.4. The van der Waals surface area contributed by atoms with E-state index in [1.54, 1.807) is 0 Å².